The predicted molar refractivity (Wildman–Crippen MR) is 61.1 cm³/mol. The third kappa shape index (κ3) is 4.06. The zero-order valence-electron chi connectivity index (χ0n) is 9.44. The molecule has 1 aliphatic rings. The first-order valence-electron chi connectivity index (χ1n) is 5.36. The van der Waals surface area contributed by atoms with E-state index < -0.39 is 15.3 Å². The maximum atomic E-state index is 11.5. The van der Waals surface area contributed by atoms with Crippen molar-refractivity contribution in [3.63, 3.8) is 0 Å². The Balaban J connectivity index is 2.23. The number of nitrogens with one attached hydrogen (secondary N) is 1. The fourth-order valence-electron chi connectivity index (χ4n) is 1.33. The van der Waals surface area contributed by atoms with Crippen molar-refractivity contribution in [2.45, 2.75) is 31.1 Å². The Labute approximate surface area is 92.1 Å². The summed E-state index contributed by atoms with van der Waals surface area (Å²) in [4.78, 5) is 2.19. The van der Waals surface area contributed by atoms with E-state index in [2.05, 4.69) is 9.62 Å². The zero-order valence-corrected chi connectivity index (χ0v) is 10.3. The molecule has 0 aromatic carbocycles. The van der Waals surface area contributed by atoms with E-state index in [1.807, 2.05) is 7.05 Å². The number of nitrogens with two attached hydrogens (primary N) is 1. The molecule has 1 atom stereocenters. The molecule has 0 aromatic heterocycles. The fourth-order valence-corrected chi connectivity index (χ4v) is 2.24. The van der Waals surface area contributed by atoms with Crippen LogP contribution in [0, 0.1) is 0 Å². The van der Waals surface area contributed by atoms with Gasteiger partial charge in [-0.1, -0.05) is 0 Å². The van der Waals surface area contributed by atoms with Crippen molar-refractivity contribution >= 4 is 10.0 Å². The highest BCUT2D eigenvalue weighted by atomic mass is 32.2. The predicted octanol–water partition coefficient (Wildman–Crippen LogP) is -0.653. The average Bonchev–Trinajstić information content (AvgIpc) is 2.99. The molecule has 0 saturated heterocycles. The third-order valence-corrected chi connectivity index (χ3v) is 4.66. The number of likely N-dealkylation sites (N-methyl/N-ethyl adjacent to an activating group) is 1. The molecule has 0 bridgehead atoms. The van der Waals surface area contributed by atoms with Gasteiger partial charge in [-0.05, 0) is 26.8 Å². The summed E-state index contributed by atoms with van der Waals surface area (Å²) in [5, 5.41) is -0.510. The van der Waals surface area contributed by atoms with Gasteiger partial charge < -0.3 is 10.6 Å². The molecular weight excluding hydrogens is 214 g/mol. The molecule has 5 nitrogen and oxygen atoms in total. The van der Waals surface area contributed by atoms with Gasteiger partial charge in [-0.25, -0.2) is 13.1 Å². The van der Waals surface area contributed by atoms with Crippen LogP contribution in [0.5, 0.6) is 0 Å². The van der Waals surface area contributed by atoms with Crippen LogP contribution in [-0.2, 0) is 10.0 Å². The first-order valence-corrected chi connectivity index (χ1v) is 6.91. The molecule has 15 heavy (non-hydrogen) atoms. The Bertz CT molecular complexity index is 288. The summed E-state index contributed by atoms with van der Waals surface area (Å²) >= 11 is 0. The minimum absolute atomic E-state index is 0.161. The number of hydrogen-bond donors (Lipinski definition) is 2. The maximum Gasteiger partial charge on any atom is 0.215 e. The van der Waals surface area contributed by atoms with Gasteiger partial charge in [0.05, 0.1) is 5.25 Å². The van der Waals surface area contributed by atoms with Crippen molar-refractivity contribution in [3.05, 3.63) is 0 Å². The minimum atomic E-state index is -3.21. The highest BCUT2D eigenvalue weighted by molar-refractivity contribution is 7.90. The van der Waals surface area contributed by atoms with Crippen molar-refractivity contribution in [2.24, 2.45) is 5.73 Å². The van der Waals surface area contributed by atoms with Crippen LogP contribution in [0.15, 0.2) is 0 Å². The first-order chi connectivity index (χ1) is 6.97. The maximum absolute atomic E-state index is 11.5. The molecule has 3 N–H and O–H groups in total. The molecule has 1 fully saturated rings. The lowest BCUT2D eigenvalue weighted by molar-refractivity contribution is 0.329. The number of rotatable bonds is 7. The summed E-state index contributed by atoms with van der Waals surface area (Å²) < 4.78 is 25.6. The van der Waals surface area contributed by atoms with Crippen LogP contribution in [0.1, 0.15) is 19.8 Å². The van der Waals surface area contributed by atoms with E-state index in [1.165, 1.54) is 12.8 Å². The smallest absolute Gasteiger partial charge is 0.215 e. The molecule has 0 spiro atoms. The van der Waals surface area contributed by atoms with Crippen LogP contribution in [0.2, 0.25) is 0 Å². The number of hydrogen-bond acceptors (Lipinski definition) is 4. The lowest BCUT2D eigenvalue weighted by Crippen LogP contribution is -2.40. The quantitative estimate of drug-likeness (QED) is 0.615. The number of nitrogens with zero attached hydrogens (tertiary/aromatic N) is 1. The summed E-state index contributed by atoms with van der Waals surface area (Å²) in [5.74, 6) is 0. The third-order valence-electron chi connectivity index (χ3n) is 2.80. The topological polar surface area (TPSA) is 75.4 Å². The second-order valence-corrected chi connectivity index (χ2v) is 6.38. The van der Waals surface area contributed by atoms with Gasteiger partial charge in [-0.3, -0.25) is 0 Å². The van der Waals surface area contributed by atoms with Crippen molar-refractivity contribution in [3.8, 4) is 0 Å². The summed E-state index contributed by atoms with van der Waals surface area (Å²) in [6.07, 6.45) is 2.48. The highest BCUT2D eigenvalue weighted by Gasteiger charge is 2.26. The Morgan fingerprint density at radius 3 is 2.60 bits per heavy atom. The Morgan fingerprint density at radius 2 is 2.13 bits per heavy atom. The second-order valence-electron chi connectivity index (χ2n) is 4.20. The van der Waals surface area contributed by atoms with Crippen LogP contribution in [-0.4, -0.2) is 51.3 Å². The molecule has 6 heteroatoms. The van der Waals surface area contributed by atoms with Crippen LogP contribution in [0.25, 0.3) is 0 Å². The van der Waals surface area contributed by atoms with Gasteiger partial charge in [0, 0.05) is 25.7 Å². The lowest BCUT2D eigenvalue weighted by atomic mass is 10.5. The van der Waals surface area contributed by atoms with Gasteiger partial charge in [0.15, 0.2) is 0 Å². The number of sulfonamides is 1. The highest BCUT2D eigenvalue weighted by Crippen LogP contribution is 2.24. The van der Waals surface area contributed by atoms with Crippen molar-refractivity contribution in [1.82, 2.24) is 9.62 Å². The van der Waals surface area contributed by atoms with E-state index in [1.54, 1.807) is 6.92 Å². The van der Waals surface area contributed by atoms with Crippen LogP contribution >= 0.6 is 0 Å². The van der Waals surface area contributed by atoms with Gasteiger partial charge in [0.2, 0.25) is 10.0 Å². The Morgan fingerprint density at radius 1 is 1.53 bits per heavy atom. The first kappa shape index (κ1) is 12.9. The molecule has 0 heterocycles. The summed E-state index contributed by atoms with van der Waals surface area (Å²) in [7, 11) is -1.19. The van der Waals surface area contributed by atoms with Gasteiger partial charge in [-0.2, -0.15) is 0 Å². The van der Waals surface area contributed by atoms with E-state index in [9.17, 15) is 8.42 Å². The van der Waals surface area contributed by atoms with E-state index >= 15 is 0 Å². The van der Waals surface area contributed by atoms with E-state index in [0.29, 0.717) is 12.6 Å². The molecule has 1 saturated carbocycles. The molecule has 0 amide bonds. The van der Waals surface area contributed by atoms with Gasteiger partial charge in [0.25, 0.3) is 0 Å². The summed E-state index contributed by atoms with van der Waals surface area (Å²) in [5.41, 5.74) is 5.32. The van der Waals surface area contributed by atoms with Crippen LogP contribution in [0.3, 0.4) is 0 Å². The average molecular weight is 235 g/mol. The minimum Gasteiger partial charge on any atom is -0.329 e. The summed E-state index contributed by atoms with van der Waals surface area (Å²) in [6.45, 7) is 3.02. The normalized spacial score (nSPS) is 19.5. The molecule has 90 valence electrons. The molecule has 1 rings (SSSR count). The molecule has 1 unspecified atom stereocenters. The van der Waals surface area contributed by atoms with Crippen molar-refractivity contribution in [2.75, 3.05) is 26.7 Å². The standard InChI is InChI=1S/C9H21N3O2S/c1-8(7-10)15(13,14)11-5-6-12(2)9-3-4-9/h8-9,11H,3-7,10H2,1-2H3. The lowest BCUT2D eigenvalue weighted by Gasteiger charge is -2.17. The fraction of sp³-hybridized carbons (Fsp3) is 1.00. The molecule has 0 aliphatic heterocycles. The SMILES string of the molecule is CC(CN)S(=O)(=O)NCCN(C)C1CC1. The largest absolute Gasteiger partial charge is 0.329 e. The second kappa shape index (κ2) is 5.25. The van der Waals surface area contributed by atoms with E-state index in [4.69, 9.17) is 5.73 Å². The molecular formula is C9H21N3O2S. The van der Waals surface area contributed by atoms with Crippen molar-refractivity contribution < 1.29 is 8.42 Å². The summed E-state index contributed by atoms with van der Waals surface area (Å²) in [6, 6.07) is 0.668. The molecule has 0 radical (unpaired) electrons. The Hall–Kier alpha value is -0.170. The van der Waals surface area contributed by atoms with E-state index in [-0.39, 0.29) is 6.54 Å². The van der Waals surface area contributed by atoms with E-state index in [0.717, 1.165) is 6.54 Å². The van der Waals surface area contributed by atoms with Crippen LogP contribution < -0.4 is 10.5 Å². The monoisotopic (exact) mass is 235 g/mol. The van der Waals surface area contributed by atoms with Gasteiger partial charge in [-0.15, -0.1) is 0 Å². The van der Waals surface area contributed by atoms with Gasteiger partial charge >= 0.3 is 0 Å². The molecule has 1 aliphatic carbocycles. The van der Waals surface area contributed by atoms with Crippen LogP contribution in [0.4, 0.5) is 0 Å². The Kier molecular flexibility index (Phi) is 4.51. The molecule has 0 aromatic rings. The zero-order chi connectivity index (χ0) is 11.5. The van der Waals surface area contributed by atoms with Gasteiger partial charge in [0.1, 0.15) is 0 Å². The van der Waals surface area contributed by atoms with Crippen molar-refractivity contribution in [1.29, 1.82) is 0 Å².